The number of benzene rings is 1. The fourth-order valence-corrected chi connectivity index (χ4v) is 4.32. The lowest BCUT2D eigenvalue weighted by Gasteiger charge is -2.21. The summed E-state index contributed by atoms with van der Waals surface area (Å²) in [6, 6.07) is 5.40. The van der Waals surface area contributed by atoms with Crippen LogP contribution in [0.15, 0.2) is 23.1 Å². The molecule has 0 N–H and O–H groups in total. The summed E-state index contributed by atoms with van der Waals surface area (Å²) < 4.78 is 27.2. The number of halogens is 1. The van der Waals surface area contributed by atoms with Crippen LogP contribution in [0.3, 0.4) is 0 Å². The zero-order valence-corrected chi connectivity index (χ0v) is 13.5. The molecule has 20 heavy (non-hydrogen) atoms. The van der Waals surface area contributed by atoms with E-state index >= 15 is 0 Å². The van der Waals surface area contributed by atoms with Crippen molar-refractivity contribution in [2.24, 2.45) is 0 Å². The lowest BCUT2D eigenvalue weighted by atomic mass is 10.2. The van der Waals surface area contributed by atoms with E-state index in [1.54, 1.807) is 10.4 Å². The van der Waals surface area contributed by atoms with Gasteiger partial charge < -0.3 is 4.90 Å². The molecule has 1 aliphatic heterocycles. The molecule has 0 radical (unpaired) electrons. The molecule has 112 valence electrons. The summed E-state index contributed by atoms with van der Waals surface area (Å²) >= 11 is 5.82. The first-order chi connectivity index (χ1) is 9.45. The third-order valence-corrected chi connectivity index (χ3v) is 6.05. The molecule has 6 heteroatoms. The van der Waals surface area contributed by atoms with Crippen molar-refractivity contribution in [3.63, 3.8) is 0 Å². The van der Waals surface area contributed by atoms with Crippen molar-refractivity contribution in [3.05, 3.63) is 29.3 Å². The molecule has 1 saturated heterocycles. The summed E-state index contributed by atoms with van der Waals surface area (Å²) in [6.07, 6.45) is 0.865. The molecule has 0 aliphatic carbocycles. The van der Waals surface area contributed by atoms with Crippen molar-refractivity contribution < 1.29 is 8.42 Å². The Morgan fingerprint density at radius 3 is 2.65 bits per heavy atom. The number of hydrogen-bond donors (Lipinski definition) is 0. The van der Waals surface area contributed by atoms with Gasteiger partial charge in [0.15, 0.2) is 0 Å². The van der Waals surface area contributed by atoms with Gasteiger partial charge in [0.1, 0.15) is 0 Å². The predicted molar refractivity (Wildman–Crippen MR) is 81.6 cm³/mol. The first-order valence-electron chi connectivity index (χ1n) is 6.79. The highest BCUT2D eigenvalue weighted by Crippen LogP contribution is 2.23. The van der Waals surface area contributed by atoms with E-state index in [1.807, 2.05) is 26.1 Å². The van der Waals surface area contributed by atoms with Crippen molar-refractivity contribution in [2.75, 3.05) is 33.2 Å². The SMILES string of the molecule is Cc1ccc(CCl)cc1S(=O)(=O)N1CCCN(C)CC1. The molecule has 0 unspecified atom stereocenters. The van der Waals surface area contributed by atoms with Crippen LogP contribution in [0.5, 0.6) is 0 Å². The maximum Gasteiger partial charge on any atom is 0.243 e. The smallest absolute Gasteiger partial charge is 0.243 e. The molecular weight excluding hydrogens is 296 g/mol. The molecule has 0 spiro atoms. The monoisotopic (exact) mass is 316 g/mol. The number of likely N-dealkylation sites (N-methyl/N-ethyl adjacent to an activating group) is 1. The van der Waals surface area contributed by atoms with Crippen LogP contribution in [0.1, 0.15) is 17.5 Å². The Bertz CT molecular complexity index is 575. The van der Waals surface area contributed by atoms with Crippen LogP contribution < -0.4 is 0 Å². The minimum Gasteiger partial charge on any atom is -0.305 e. The van der Waals surface area contributed by atoms with Crippen LogP contribution >= 0.6 is 11.6 Å². The van der Waals surface area contributed by atoms with Gasteiger partial charge in [0.2, 0.25) is 10.0 Å². The zero-order valence-electron chi connectivity index (χ0n) is 12.0. The van der Waals surface area contributed by atoms with Gasteiger partial charge in [0.25, 0.3) is 0 Å². The summed E-state index contributed by atoms with van der Waals surface area (Å²) in [6.45, 7) is 4.66. The summed E-state index contributed by atoms with van der Waals surface area (Å²) in [4.78, 5) is 2.55. The van der Waals surface area contributed by atoms with E-state index < -0.39 is 10.0 Å². The third kappa shape index (κ3) is 3.34. The molecular formula is C14H21ClN2O2S. The lowest BCUT2D eigenvalue weighted by molar-refractivity contribution is 0.347. The van der Waals surface area contributed by atoms with Gasteiger partial charge in [0, 0.05) is 25.5 Å². The molecule has 1 fully saturated rings. The second-order valence-electron chi connectivity index (χ2n) is 5.29. The topological polar surface area (TPSA) is 40.6 Å². The largest absolute Gasteiger partial charge is 0.305 e. The van der Waals surface area contributed by atoms with Gasteiger partial charge in [0.05, 0.1) is 4.90 Å². The van der Waals surface area contributed by atoms with Crippen molar-refractivity contribution in [2.45, 2.75) is 24.1 Å². The number of rotatable bonds is 3. The molecule has 4 nitrogen and oxygen atoms in total. The Morgan fingerprint density at radius 2 is 1.95 bits per heavy atom. The summed E-state index contributed by atoms with van der Waals surface area (Å²) in [5.41, 5.74) is 1.61. The molecule has 1 aromatic carbocycles. The van der Waals surface area contributed by atoms with Gasteiger partial charge in [-0.15, -0.1) is 11.6 Å². The third-order valence-electron chi connectivity index (χ3n) is 3.70. The van der Waals surface area contributed by atoms with Crippen LogP contribution in [0.2, 0.25) is 0 Å². The lowest BCUT2D eigenvalue weighted by Crippen LogP contribution is -2.34. The number of nitrogens with zero attached hydrogens (tertiary/aromatic N) is 2. The molecule has 0 aromatic heterocycles. The van der Waals surface area contributed by atoms with Crippen molar-refractivity contribution >= 4 is 21.6 Å². The average molecular weight is 317 g/mol. The number of alkyl halides is 1. The highest BCUT2D eigenvalue weighted by Gasteiger charge is 2.27. The first kappa shape index (κ1) is 15.8. The van der Waals surface area contributed by atoms with Gasteiger partial charge >= 0.3 is 0 Å². The summed E-state index contributed by atoms with van der Waals surface area (Å²) in [7, 11) is -1.40. The van der Waals surface area contributed by atoms with Crippen molar-refractivity contribution in [1.82, 2.24) is 9.21 Å². The Hall–Kier alpha value is -0.620. The fourth-order valence-electron chi connectivity index (χ4n) is 2.41. The van der Waals surface area contributed by atoms with E-state index in [0.717, 1.165) is 30.6 Å². The van der Waals surface area contributed by atoms with Gasteiger partial charge in [-0.2, -0.15) is 4.31 Å². The number of hydrogen-bond acceptors (Lipinski definition) is 3. The average Bonchev–Trinajstić information content (AvgIpc) is 2.64. The fraction of sp³-hybridized carbons (Fsp3) is 0.571. The van der Waals surface area contributed by atoms with E-state index in [2.05, 4.69) is 4.90 Å². The highest BCUT2D eigenvalue weighted by molar-refractivity contribution is 7.89. The quantitative estimate of drug-likeness (QED) is 0.802. The Morgan fingerprint density at radius 1 is 1.20 bits per heavy atom. The number of sulfonamides is 1. The van der Waals surface area contributed by atoms with Crippen LogP contribution in [0.4, 0.5) is 0 Å². The predicted octanol–water partition coefficient (Wildman–Crippen LogP) is 2.06. The van der Waals surface area contributed by atoms with Gasteiger partial charge in [-0.25, -0.2) is 8.42 Å². The van der Waals surface area contributed by atoms with Gasteiger partial charge in [-0.05, 0) is 44.1 Å². The van der Waals surface area contributed by atoms with Gasteiger partial charge in [-0.3, -0.25) is 0 Å². The van der Waals surface area contributed by atoms with E-state index in [0.29, 0.717) is 23.9 Å². The molecule has 0 amide bonds. The van der Waals surface area contributed by atoms with E-state index in [4.69, 9.17) is 11.6 Å². The van der Waals surface area contributed by atoms with Gasteiger partial charge in [-0.1, -0.05) is 12.1 Å². The maximum atomic E-state index is 12.8. The van der Waals surface area contributed by atoms with Crippen molar-refractivity contribution in [1.29, 1.82) is 0 Å². The molecule has 0 saturated carbocycles. The molecule has 2 rings (SSSR count). The normalized spacial score (nSPS) is 18.9. The molecule has 0 atom stereocenters. The van der Waals surface area contributed by atoms with Crippen LogP contribution in [0.25, 0.3) is 0 Å². The maximum absolute atomic E-state index is 12.8. The number of aryl methyl sites for hydroxylation is 1. The second kappa shape index (κ2) is 6.43. The highest BCUT2D eigenvalue weighted by atomic mass is 35.5. The Labute approximate surface area is 126 Å². The van der Waals surface area contributed by atoms with E-state index in [9.17, 15) is 8.42 Å². The molecule has 0 bridgehead atoms. The molecule has 1 aliphatic rings. The standard InChI is InChI=1S/C14H21ClN2O2S/c1-12-4-5-13(11-15)10-14(12)20(18,19)17-7-3-6-16(2)8-9-17/h4-5,10H,3,6-9,11H2,1-2H3. The first-order valence-corrected chi connectivity index (χ1v) is 8.77. The minimum absolute atomic E-state index is 0.325. The Balaban J connectivity index is 2.34. The summed E-state index contributed by atoms with van der Waals surface area (Å²) in [5.74, 6) is 0.325. The second-order valence-corrected chi connectivity index (χ2v) is 7.47. The van der Waals surface area contributed by atoms with E-state index in [1.165, 1.54) is 0 Å². The van der Waals surface area contributed by atoms with Crippen LogP contribution in [-0.2, 0) is 15.9 Å². The molecule has 1 heterocycles. The van der Waals surface area contributed by atoms with E-state index in [-0.39, 0.29) is 0 Å². The molecule has 1 aromatic rings. The van der Waals surface area contributed by atoms with Crippen molar-refractivity contribution in [3.8, 4) is 0 Å². The minimum atomic E-state index is -3.42. The Kier molecular flexibility index (Phi) is 5.07. The summed E-state index contributed by atoms with van der Waals surface area (Å²) in [5, 5.41) is 0. The van der Waals surface area contributed by atoms with Crippen LogP contribution in [0, 0.1) is 6.92 Å². The van der Waals surface area contributed by atoms with Crippen LogP contribution in [-0.4, -0.2) is 50.8 Å². The zero-order chi connectivity index (χ0) is 14.8.